The Balaban J connectivity index is 0. The second-order valence-corrected chi connectivity index (χ2v) is 2.99. The predicted molar refractivity (Wildman–Crippen MR) is 30.7 cm³/mol. The van der Waals surface area contributed by atoms with E-state index in [9.17, 15) is 0 Å². The molecule has 0 radical (unpaired) electrons. The van der Waals surface area contributed by atoms with Crippen LogP contribution in [0.3, 0.4) is 0 Å². The van der Waals surface area contributed by atoms with E-state index in [1.165, 1.54) is 0 Å². The van der Waals surface area contributed by atoms with E-state index in [1.54, 1.807) is 21.3 Å². The van der Waals surface area contributed by atoms with Gasteiger partial charge in [-0.2, -0.15) is 0 Å². The molecule has 0 N–H and O–H groups in total. The minimum absolute atomic E-state index is 0. The molecule has 0 saturated carbocycles. The van der Waals surface area contributed by atoms with E-state index in [2.05, 4.69) is 0 Å². The highest BCUT2D eigenvalue weighted by atomic mass is 28.3. The molecular formula is C3H11FO3Si. The third kappa shape index (κ3) is 4.19. The van der Waals surface area contributed by atoms with Crippen LogP contribution in [-0.4, -0.2) is 30.9 Å². The van der Waals surface area contributed by atoms with Gasteiger partial charge in [-0.3, -0.25) is 4.70 Å². The quantitative estimate of drug-likeness (QED) is 0.510. The molecule has 0 aliphatic carbocycles. The van der Waals surface area contributed by atoms with Gasteiger partial charge in [0, 0.05) is 21.3 Å². The number of halogens is 1. The highest BCUT2D eigenvalue weighted by Gasteiger charge is 2.04. The lowest BCUT2D eigenvalue weighted by atomic mass is 11.8. The van der Waals surface area contributed by atoms with Crippen molar-refractivity contribution in [2.24, 2.45) is 0 Å². The molecule has 0 aliphatic rings. The Morgan fingerprint density at radius 3 is 1.12 bits per heavy atom. The van der Waals surface area contributed by atoms with Crippen molar-refractivity contribution >= 4 is 9.53 Å². The molecule has 0 aliphatic heterocycles. The number of rotatable bonds is 3. The molecule has 52 valence electrons. The molecule has 0 atom stereocenters. The molecule has 0 rings (SSSR count). The lowest BCUT2D eigenvalue weighted by Crippen LogP contribution is -2.21. The van der Waals surface area contributed by atoms with Gasteiger partial charge in [0.1, 0.15) is 0 Å². The molecule has 0 aromatic rings. The molecule has 0 saturated heterocycles. The van der Waals surface area contributed by atoms with Crippen LogP contribution in [0.5, 0.6) is 0 Å². The molecule has 0 amide bonds. The summed E-state index contributed by atoms with van der Waals surface area (Å²) >= 11 is 0. The van der Waals surface area contributed by atoms with E-state index in [0.717, 1.165) is 0 Å². The average Bonchev–Trinajstić information content (AvgIpc) is 1.72. The van der Waals surface area contributed by atoms with E-state index in [-0.39, 0.29) is 4.70 Å². The first kappa shape index (κ1) is 10.9. The van der Waals surface area contributed by atoms with Crippen molar-refractivity contribution in [3.63, 3.8) is 0 Å². The van der Waals surface area contributed by atoms with Crippen molar-refractivity contribution in [1.29, 1.82) is 0 Å². The summed E-state index contributed by atoms with van der Waals surface area (Å²) in [7, 11) is 3.05. The van der Waals surface area contributed by atoms with Gasteiger partial charge in [0.2, 0.25) is 0 Å². The van der Waals surface area contributed by atoms with Crippen molar-refractivity contribution in [3.05, 3.63) is 0 Å². The molecule has 8 heavy (non-hydrogen) atoms. The zero-order valence-electron chi connectivity index (χ0n) is 5.21. The largest absolute Gasteiger partial charge is 0.483 e. The third-order valence-electron chi connectivity index (χ3n) is 0.577. The van der Waals surface area contributed by atoms with Gasteiger partial charge >= 0.3 is 9.53 Å². The Bertz CT molecular complexity index is 36.0. The Hall–Kier alpha value is 0.0269. The van der Waals surface area contributed by atoms with Gasteiger partial charge in [0.15, 0.2) is 0 Å². The van der Waals surface area contributed by atoms with E-state index in [0.29, 0.717) is 0 Å². The van der Waals surface area contributed by atoms with Crippen LogP contribution in [0.4, 0.5) is 4.70 Å². The highest BCUT2D eigenvalue weighted by molar-refractivity contribution is 6.36. The third-order valence-corrected chi connectivity index (χ3v) is 1.73. The van der Waals surface area contributed by atoms with Gasteiger partial charge in [-0.05, 0) is 0 Å². The summed E-state index contributed by atoms with van der Waals surface area (Å²) in [6.07, 6.45) is 0. The van der Waals surface area contributed by atoms with E-state index in [1.807, 2.05) is 0 Å². The Morgan fingerprint density at radius 1 is 0.875 bits per heavy atom. The molecular weight excluding hydrogens is 131 g/mol. The van der Waals surface area contributed by atoms with Crippen LogP contribution in [0.15, 0.2) is 0 Å². The summed E-state index contributed by atoms with van der Waals surface area (Å²) in [4.78, 5) is 0. The first-order valence-corrected chi connectivity index (χ1v) is 3.35. The molecule has 3 nitrogen and oxygen atoms in total. The highest BCUT2D eigenvalue weighted by Crippen LogP contribution is 1.81. The second-order valence-electron chi connectivity index (χ2n) is 0.996. The molecule has 0 aromatic carbocycles. The predicted octanol–water partition coefficient (Wildman–Crippen LogP) is -0.205. The molecule has 0 unspecified atom stereocenters. The minimum Gasteiger partial charge on any atom is -0.379 e. The van der Waals surface area contributed by atoms with Crippen molar-refractivity contribution in [2.45, 2.75) is 0 Å². The maximum absolute atomic E-state index is 4.74. The Morgan fingerprint density at radius 2 is 1.12 bits per heavy atom. The molecule has 0 spiro atoms. The monoisotopic (exact) mass is 142 g/mol. The first-order chi connectivity index (χ1) is 3.35. The second kappa shape index (κ2) is 7.03. The SMILES string of the molecule is CO[SiH](OC)OC.F. The Labute approximate surface area is 49.9 Å². The number of hydrogen-bond donors (Lipinski definition) is 0. The first-order valence-electron chi connectivity index (χ1n) is 1.93. The van der Waals surface area contributed by atoms with Crippen LogP contribution >= 0.6 is 0 Å². The number of hydrogen-bond acceptors (Lipinski definition) is 3. The smallest absolute Gasteiger partial charge is 0.379 e. The van der Waals surface area contributed by atoms with Crippen LogP contribution in [-0.2, 0) is 13.3 Å². The van der Waals surface area contributed by atoms with E-state index < -0.39 is 9.53 Å². The maximum atomic E-state index is 4.74. The van der Waals surface area contributed by atoms with Crippen LogP contribution in [0, 0.1) is 0 Å². The van der Waals surface area contributed by atoms with Crippen molar-refractivity contribution in [2.75, 3.05) is 21.3 Å². The molecule has 5 heteroatoms. The van der Waals surface area contributed by atoms with Crippen LogP contribution < -0.4 is 0 Å². The standard InChI is InChI=1S/C3H10O3Si.FH/c1-4-7(5-2)6-3;/h7H,1-3H3;1H. The van der Waals surface area contributed by atoms with Crippen molar-refractivity contribution in [3.8, 4) is 0 Å². The van der Waals surface area contributed by atoms with Gasteiger partial charge in [-0.1, -0.05) is 0 Å². The molecule has 0 fully saturated rings. The van der Waals surface area contributed by atoms with Gasteiger partial charge in [-0.25, -0.2) is 0 Å². The van der Waals surface area contributed by atoms with E-state index in [4.69, 9.17) is 13.3 Å². The summed E-state index contributed by atoms with van der Waals surface area (Å²) < 4.78 is 14.2. The zero-order valence-corrected chi connectivity index (χ0v) is 6.37. The van der Waals surface area contributed by atoms with E-state index >= 15 is 0 Å². The summed E-state index contributed by atoms with van der Waals surface area (Å²) in [5.74, 6) is 0. The normalized spacial score (nSPS) is 9.00. The maximum Gasteiger partial charge on any atom is 0.483 e. The van der Waals surface area contributed by atoms with Gasteiger partial charge in [0.05, 0.1) is 0 Å². The van der Waals surface area contributed by atoms with Crippen LogP contribution in [0.1, 0.15) is 0 Å². The van der Waals surface area contributed by atoms with Gasteiger partial charge in [0.25, 0.3) is 0 Å². The van der Waals surface area contributed by atoms with Gasteiger partial charge < -0.3 is 13.3 Å². The fourth-order valence-electron chi connectivity index (χ4n) is 0.289. The van der Waals surface area contributed by atoms with Gasteiger partial charge in [-0.15, -0.1) is 0 Å². The van der Waals surface area contributed by atoms with Crippen molar-refractivity contribution in [1.82, 2.24) is 0 Å². The molecule has 0 heterocycles. The summed E-state index contributed by atoms with van der Waals surface area (Å²) in [6, 6.07) is 0. The average molecular weight is 142 g/mol. The lowest BCUT2D eigenvalue weighted by molar-refractivity contribution is 0.163. The topological polar surface area (TPSA) is 27.7 Å². The van der Waals surface area contributed by atoms with Crippen LogP contribution in [0.2, 0.25) is 0 Å². The fourth-order valence-corrected chi connectivity index (χ4v) is 0.866. The minimum atomic E-state index is -1.67. The lowest BCUT2D eigenvalue weighted by Gasteiger charge is -2.05. The summed E-state index contributed by atoms with van der Waals surface area (Å²) in [5, 5.41) is 0. The molecule has 0 bridgehead atoms. The van der Waals surface area contributed by atoms with Crippen LogP contribution in [0.25, 0.3) is 0 Å². The Kier molecular flexibility index (Phi) is 9.58. The van der Waals surface area contributed by atoms with Crippen molar-refractivity contribution < 1.29 is 18.0 Å². The summed E-state index contributed by atoms with van der Waals surface area (Å²) in [5.41, 5.74) is 0. The zero-order chi connectivity index (χ0) is 5.70. The molecule has 0 aromatic heterocycles. The summed E-state index contributed by atoms with van der Waals surface area (Å²) in [6.45, 7) is 0. The fraction of sp³-hybridized carbons (Fsp3) is 1.00.